The van der Waals surface area contributed by atoms with E-state index in [-0.39, 0.29) is 0 Å². The van der Waals surface area contributed by atoms with Crippen molar-refractivity contribution < 1.29 is 9.13 Å². The molecule has 4 nitrogen and oxygen atoms in total. The van der Waals surface area contributed by atoms with Crippen molar-refractivity contribution in [1.29, 1.82) is 0 Å². The first-order valence-electron chi connectivity index (χ1n) is 5.61. The molecule has 1 radical (unpaired) electrons. The Balaban J connectivity index is 1.88. The van der Waals surface area contributed by atoms with E-state index in [1.165, 1.54) is 16.9 Å². The van der Waals surface area contributed by atoms with Crippen LogP contribution in [-0.2, 0) is 0 Å². The van der Waals surface area contributed by atoms with Gasteiger partial charge in [0.15, 0.2) is 5.82 Å². The summed E-state index contributed by atoms with van der Waals surface area (Å²) < 4.78 is 20.8. The molecule has 0 aliphatic heterocycles. The van der Waals surface area contributed by atoms with Crippen LogP contribution >= 0.6 is 0 Å². The molecule has 0 aliphatic rings. The molecule has 0 saturated heterocycles. The van der Waals surface area contributed by atoms with Crippen molar-refractivity contribution in [1.82, 2.24) is 14.8 Å². The quantitative estimate of drug-likeness (QED) is 0.721. The Morgan fingerprint density at radius 3 is 2.84 bits per heavy atom. The fourth-order valence-corrected chi connectivity index (χ4v) is 1.65. The largest absolute Gasteiger partial charge is 0.456 e. The summed E-state index contributed by atoms with van der Waals surface area (Å²) in [5.74, 6) is 0.547. The van der Waals surface area contributed by atoms with Gasteiger partial charge in [0, 0.05) is 24.5 Å². The molecule has 2 heterocycles. The van der Waals surface area contributed by atoms with Crippen LogP contribution in [0.4, 0.5) is 4.39 Å². The molecule has 0 saturated carbocycles. The molecule has 0 N–H and O–H groups in total. The number of rotatable bonds is 3. The lowest BCUT2D eigenvalue weighted by atomic mass is 10.3. The monoisotopic (exact) mass is 254 g/mol. The second-order valence-corrected chi connectivity index (χ2v) is 3.79. The first kappa shape index (κ1) is 11.4. The standard InChI is InChI=1S/C14H9FN3O/c15-13-9-11(19-12-3-1-6-16-10-12)4-5-14(13)18-8-2-7-17-18/h1,3-10H. The predicted molar refractivity (Wildman–Crippen MR) is 66.7 cm³/mol. The summed E-state index contributed by atoms with van der Waals surface area (Å²) in [7, 11) is 0. The molecule has 2 aromatic heterocycles. The van der Waals surface area contributed by atoms with Crippen molar-refractivity contribution in [2.75, 3.05) is 0 Å². The normalized spacial score (nSPS) is 10.4. The van der Waals surface area contributed by atoms with Crippen molar-refractivity contribution in [3.8, 4) is 17.2 Å². The van der Waals surface area contributed by atoms with Crippen molar-refractivity contribution in [3.05, 3.63) is 67.0 Å². The molecule has 0 bridgehead atoms. The van der Waals surface area contributed by atoms with Gasteiger partial charge in [-0.2, -0.15) is 5.10 Å². The Labute approximate surface area is 109 Å². The molecule has 3 rings (SSSR count). The van der Waals surface area contributed by atoms with E-state index in [0.29, 0.717) is 17.2 Å². The highest BCUT2D eigenvalue weighted by molar-refractivity contribution is 5.40. The van der Waals surface area contributed by atoms with E-state index in [1.54, 1.807) is 42.9 Å². The summed E-state index contributed by atoms with van der Waals surface area (Å²) >= 11 is 0. The molecule has 3 aromatic rings. The summed E-state index contributed by atoms with van der Waals surface area (Å²) in [5.41, 5.74) is 0.347. The van der Waals surface area contributed by atoms with Gasteiger partial charge in [0.05, 0.1) is 12.4 Å². The average molecular weight is 254 g/mol. The van der Waals surface area contributed by atoms with Crippen LogP contribution in [0.3, 0.4) is 0 Å². The number of halogens is 1. The van der Waals surface area contributed by atoms with E-state index >= 15 is 0 Å². The van der Waals surface area contributed by atoms with Crippen molar-refractivity contribution >= 4 is 0 Å². The predicted octanol–water partition coefficient (Wildman–Crippen LogP) is 3.00. The van der Waals surface area contributed by atoms with E-state index in [1.807, 2.05) is 0 Å². The van der Waals surface area contributed by atoms with Gasteiger partial charge in [-0.1, -0.05) is 0 Å². The lowest BCUT2D eigenvalue weighted by molar-refractivity contribution is 0.473. The van der Waals surface area contributed by atoms with E-state index in [4.69, 9.17) is 4.74 Å². The van der Waals surface area contributed by atoms with Gasteiger partial charge < -0.3 is 4.74 Å². The molecule has 5 heteroatoms. The number of nitrogens with zero attached hydrogens (tertiary/aromatic N) is 3. The maximum absolute atomic E-state index is 13.9. The number of pyridine rings is 1. The SMILES string of the molecule is Fc1cc(Oc2cccnc2)ccc1-n1c[c]cn1. The minimum atomic E-state index is -0.418. The van der Waals surface area contributed by atoms with E-state index < -0.39 is 5.82 Å². The molecule has 0 aliphatic carbocycles. The fourth-order valence-electron chi connectivity index (χ4n) is 1.65. The molecule has 0 spiro atoms. The van der Waals surface area contributed by atoms with Crippen molar-refractivity contribution in [2.24, 2.45) is 0 Å². The minimum Gasteiger partial charge on any atom is -0.456 e. The Morgan fingerprint density at radius 2 is 2.16 bits per heavy atom. The molecule has 0 fully saturated rings. The highest BCUT2D eigenvalue weighted by Crippen LogP contribution is 2.23. The number of benzene rings is 1. The lowest BCUT2D eigenvalue weighted by Gasteiger charge is -2.07. The zero-order valence-electron chi connectivity index (χ0n) is 9.82. The molecule has 0 atom stereocenters. The fraction of sp³-hybridized carbons (Fsp3) is 0. The number of aromatic nitrogens is 3. The highest BCUT2D eigenvalue weighted by Gasteiger charge is 2.07. The maximum Gasteiger partial charge on any atom is 0.152 e. The van der Waals surface area contributed by atoms with Gasteiger partial charge in [-0.25, -0.2) is 9.07 Å². The van der Waals surface area contributed by atoms with Crippen LogP contribution in [0.1, 0.15) is 0 Å². The number of hydrogen-bond donors (Lipinski definition) is 0. The third-order valence-electron chi connectivity index (χ3n) is 2.49. The van der Waals surface area contributed by atoms with Crippen LogP contribution in [0.25, 0.3) is 5.69 Å². The van der Waals surface area contributed by atoms with Crippen LogP contribution in [0.5, 0.6) is 11.5 Å². The van der Waals surface area contributed by atoms with Gasteiger partial charge in [-0.3, -0.25) is 4.98 Å². The third-order valence-corrected chi connectivity index (χ3v) is 2.49. The summed E-state index contributed by atoms with van der Waals surface area (Å²) in [5, 5.41) is 3.93. The van der Waals surface area contributed by atoms with Gasteiger partial charge in [-0.05, 0) is 24.3 Å². The number of hydrogen-bond acceptors (Lipinski definition) is 3. The first-order valence-corrected chi connectivity index (χ1v) is 5.61. The van der Waals surface area contributed by atoms with Gasteiger partial charge in [0.1, 0.15) is 17.2 Å². The lowest BCUT2D eigenvalue weighted by Crippen LogP contribution is -1.98. The Bertz CT molecular complexity index is 668. The second-order valence-electron chi connectivity index (χ2n) is 3.79. The number of ether oxygens (including phenoxy) is 1. The molecule has 0 unspecified atom stereocenters. The average Bonchev–Trinajstić information content (AvgIpc) is 2.94. The zero-order valence-corrected chi connectivity index (χ0v) is 9.82. The van der Waals surface area contributed by atoms with E-state index in [2.05, 4.69) is 16.1 Å². The van der Waals surface area contributed by atoms with E-state index in [9.17, 15) is 4.39 Å². The second kappa shape index (κ2) is 4.89. The van der Waals surface area contributed by atoms with Gasteiger partial charge in [0.25, 0.3) is 0 Å². The Morgan fingerprint density at radius 1 is 1.21 bits per heavy atom. The summed E-state index contributed by atoms with van der Waals surface area (Å²) in [4.78, 5) is 3.92. The smallest absolute Gasteiger partial charge is 0.152 e. The van der Waals surface area contributed by atoms with Gasteiger partial charge in [0.2, 0.25) is 0 Å². The van der Waals surface area contributed by atoms with Gasteiger partial charge in [-0.15, -0.1) is 0 Å². The molecule has 19 heavy (non-hydrogen) atoms. The Kier molecular flexibility index (Phi) is 2.94. The third kappa shape index (κ3) is 2.44. The summed E-state index contributed by atoms with van der Waals surface area (Å²) in [6, 6.07) is 10.8. The maximum atomic E-state index is 13.9. The van der Waals surface area contributed by atoms with Crippen LogP contribution in [0.2, 0.25) is 0 Å². The minimum absolute atomic E-state index is 0.347. The highest BCUT2D eigenvalue weighted by atomic mass is 19.1. The first-order chi connectivity index (χ1) is 9.33. The van der Waals surface area contributed by atoms with Crippen LogP contribution in [0.15, 0.2) is 55.1 Å². The van der Waals surface area contributed by atoms with Crippen LogP contribution < -0.4 is 4.74 Å². The molecule has 93 valence electrons. The molecular weight excluding hydrogens is 245 g/mol. The molecule has 0 amide bonds. The topological polar surface area (TPSA) is 39.9 Å². The molecule has 1 aromatic carbocycles. The zero-order chi connectivity index (χ0) is 13.1. The van der Waals surface area contributed by atoms with Crippen LogP contribution in [-0.4, -0.2) is 14.8 Å². The van der Waals surface area contributed by atoms with E-state index in [0.717, 1.165) is 0 Å². The Hall–Kier alpha value is -2.69. The summed E-state index contributed by atoms with van der Waals surface area (Å²) in [6.07, 6.45) is 6.23. The van der Waals surface area contributed by atoms with Crippen LogP contribution in [0, 0.1) is 11.9 Å². The summed E-state index contributed by atoms with van der Waals surface area (Å²) in [6.45, 7) is 0. The van der Waals surface area contributed by atoms with Gasteiger partial charge >= 0.3 is 0 Å². The van der Waals surface area contributed by atoms with Crippen molar-refractivity contribution in [3.63, 3.8) is 0 Å². The van der Waals surface area contributed by atoms with Crippen molar-refractivity contribution in [2.45, 2.75) is 0 Å². The molecular formula is C14H9FN3O.